The molecule has 9 rings (SSSR count). The van der Waals surface area contributed by atoms with E-state index in [0.29, 0.717) is 26.4 Å². The SMILES string of the molecule is CS[C@@H]1O[C@H](COCc2ccccc2)[C@@H](O[C@@H]2O[C@@H]3CO[C@H](c4ccccc4)O[C@@H]3[C@H](OCc3ccccc3)[C@H]2OCc2ccccc2)[C@H](OCc2ccccc2)[C@H]1OCc1ccccc1. The van der Waals surface area contributed by atoms with Crippen molar-refractivity contribution >= 4 is 11.8 Å². The van der Waals surface area contributed by atoms with Gasteiger partial charge in [0.15, 0.2) is 12.6 Å². The summed E-state index contributed by atoms with van der Waals surface area (Å²) in [5.41, 5.74) is 5.58. The van der Waals surface area contributed by atoms with Crippen LogP contribution in [0.4, 0.5) is 0 Å². The molecule has 0 aliphatic carbocycles. The van der Waals surface area contributed by atoms with Crippen molar-refractivity contribution in [2.24, 2.45) is 0 Å². The summed E-state index contributed by atoms with van der Waals surface area (Å²) < 4.78 is 69.0. The van der Waals surface area contributed by atoms with Crippen molar-refractivity contribution in [3.8, 4) is 0 Å². The Morgan fingerprint density at radius 3 is 1.39 bits per heavy atom. The molecule has 10 nitrogen and oxygen atoms in total. The van der Waals surface area contributed by atoms with E-state index in [-0.39, 0.29) is 19.8 Å². The van der Waals surface area contributed by atoms with E-state index < -0.39 is 66.8 Å². The predicted molar refractivity (Wildman–Crippen MR) is 252 cm³/mol. The van der Waals surface area contributed by atoms with Crippen LogP contribution in [0, 0.1) is 0 Å². The van der Waals surface area contributed by atoms with E-state index in [4.69, 9.17) is 47.4 Å². The van der Waals surface area contributed by atoms with Crippen LogP contribution in [0.15, 0.2) is 182 Å². The average Bonchev–Trinajstić information content (AvgIpc) is 3.38. The van der Waals surface area contributed by atoms with Crippen molar-refractivity contribution in [2.75, 3.05) is 19.5 Å². The lowest BCUT2D eigenvalue weighted by molar-refractivity contribution is -0.389. The number of fused-ring (bicyclic) bond motifs is 1. The van der Waals surface area contributed by atoms with Gasteiger partial charge in [-0.25, -0.2) is 0 Å². The van der Waals surface area contributed by atoms with Gasteiger partial charge in [0, 0.05) is 5.56 Å². The van der Waals surface area contributed by atoms with Crippen LogP contribution in [-0.4, -0.2) is 80.0 Å². The van der Waals surface area contributed by atoms with E-state index in [9.17, 15) is 0 Å². The highest BCUT2D eigenvalue weighted by Gasteiger charge is 2.55. The van der Waals surface area contributed by atoms with Gasteiger partial charge in [0.1, 0.15) is 54.3 Å². The predicted octanol–water partition coefficient (Wildman–Crippen LogP) is 9.86. The quantitative estimate of drug-likeness (QED) is 0.0734. The standard InChI is InChI=1S/C55H58O10S/c1-66-55-52(60-36-43-28-16-6-17-29-43)50(58-34-41-24-12-4-13-25-41)47(45(63-55)37-56-32-39-20-8-2-9-21-39)65-54-51(59-35-42-26-14-5-15-27-42)49(57-33-40-22-10-3-11-23-40)48-46(62-54)38-61-53(64-48)44-30-18-7-19-31-44/h2-31,45-55H,32-38H2,1H3/t45-,46-,47-,48+,49+,50+,51-,52-,53+,54+,55+/m1/s1. The Balaban J connectivity index is 1.08. The molecule has 3 heterocycles. The molecular weight excluding hydrogens is 853 g/mol. The fourth-order valence-corrected chi connectivity index (χ4v) is 9.38. The molecule has 0 N–H and O–H groups in total. The summed E-state index contributed by atoms with van der Waals surface area (Å²) in [4.78, 5) is 0. The highest BCUT2D eigenvalue weighted by molar-refractivity contribution is 7.99. The van der Waals surface area contributed by atoms with Gasteiger partial charge in [-0.05, 0) is 34.1 Å². The van der Waals surface area contributed by atoms with Crippen molar-refractivity contribution in [1.82, 2.24) is 0 Å². The van der Waals surface area contributed by atoms with Gasteiger partial charge < -0.3 is 47.4 Å². The van der Waals surface area contributed by atoms with Crippen molar-refractivity contribution in [2.45, 2.75) is 99.9 Å². The van der Waals surface area contributed by atoms with Crippen LogP contribution in [0.3, 0.4) is 0 Å². The van der Waals surface area contributed by atoms with Gasteiger partial charge in [-0.2, -0.15) is 0 Å². The zero-order valence-corrected chi connectivity index (χ0v) is 37.9. The molecule has 0 spiro atoms. The van der Waals surface area contributed by atoms with Crippen molar-refractivity contribution in [1.29, 1.82) is 0 Å². The molecule has 11 heteroatoms. The second-order valence-electron chi connectivity index (χ2n) is 16.6. The first kappa shape index (κ1) is 46.4. The van der Waals surface area contributed by atoms with Crippen molar-refractivity contribution in [3.63, 3.8) is 0 Å². The van der Waals surface area contributed by atoms with Crippen LogP contribution in [0.1, 0.15) is 39.7 Å². The van der Waals surface area contributed by atoms with Gasteiger partial charge in [0.2, 0.25) is 0 Å². The summed E-state index contributed by atoms with van der Waals surface area (Å²) in [6, 6.07) is 60.5. The molecule has 3 saturated heterocycles. The van der Waals surface area contributed by atoms with E-state index in [1.807, 2.05) is 164 Å². The Bertz CT molecular complexity index is 2280. The Morgan fingerprint density at radius 1 is 0.455 bits per heavy atom. The van der Waals surface area contributed by atoms with E-state index >= 15 is 0 Å². The number of hydrogen-bond acceptors (Lipinski definition) is 11. The van der Waals surface area contributed by atoms with Crippen LogP contribution in [0.2, 0.25) is 0 Å². The molecule has 3 fully saturated rings. The molecule has 0 radical (unpaired) electrons. The second-order valence-corrected chi connectivity index (χ2v) is 17.6. The minimum absolute atomic E-state index is 0.209. The molecule has 66 heavy (non-hydrogen) atoms. The zero-order chi connectivity index (χ0) is 44.8. The van der Waals surface area contributed by atoms with Crippen molar-refractivity contribution < 1.29 is 47.4 Å². The maximum Gasteiger partial charge on any atom is 0.187 e. The molecule has 3 aliphatic rings. The number of thioether (sulfide) groups is 1. The maximum absolute atomic E-state index is 7.41. The molecule has 6 aromatic carbocycles. The summed E-state index contributed by atoms with van der Waals surface area (Å²) in [7, 11) is 0. The van der Waals surface area contributed by atoms with Crippen LogP contribution in [0.25, 0.3) is 0 Å². The summed E-state index contributed by atoms with van der Waals surface area (Å²) in [6.45, 7) is 2.06. The monoisotopic (exact) mass is 910 g/mol. The van der Waals surface area contributed by atoms with Crippen LogP contribution >= 0.6 is 11.8 Å². The van der Waals surface area contributed by atoms with Gasteiger partial charge in [0.05, 0.1) is 46.2 Å². The van der Waals surface area contributed by atoms with E-state index in [1.54, 1.807) is 11.8 Å². The Morgan fingerprint density at radius 2 is 0.894 bits per heavy atom. The molecule has 3 aliphatic heterocycles. The minimum Gasteiger partial charge on any atom is -0.374 e. The molecule has 344 valence electrons. The fourth-order valence-electron chi connectivity index (χ4n) is 8.62. The molecule has 0 unspecified atom stereocenters. The Labute approximate surface area is 392 Å². The summed E-state index contributed by atoms with van der Waals surface area (Å²) in [6.07, 6.45) is -4.77. The van der Waals surface area contributed by atoms with Crippen molar-refractivity contribution in [3.05, 3.63) is 215 Å². The topological polar surface area (TPSA) is 92.3 Å². The first-order chi connectivity index (χ1) is 32.7. The lowest BCUT2D eigenvalue weighted by Gasteiger charge is -2.51. The lowest BCUT2D eigenvalue weighted by Crippen LogP contribution is -2.66. The number of ether oxygens (including phenoxy) is 10. The zero-order valence-electron chi connectivity index (χ0n) is 37.1. The highest BCUT2D eigenvalue weighted by atomic mass is 32.2. The average molecular weight is 911 g/mol. The first-order valence-electron chi connectivity index (χ1n) is 22.7. The van der Waals surface area contributed by atoms with Crippen LogP contribution < -0.4 is 0 Å². The third-order valence-electron chi connectivity index (χ3n) is 12.0. The molecule has 0 bridgehead atoms. The Hall–Kier alpha value is -4.73. The number of hydrogen-bond donors (Lipinski definition) is 0. The Kier molecular flexibility index (Phi) is 16.7. The van der Waals surface area contributed by atoms with Crippen LogP contribution in [0.5, 0.6) is 0 Å². The summed E-state index contributed by atoms with van der Waals surface area (Å²) in [5.74, 6) is 0. The third-order valence-corrected chi connectivity index (χ3v) is 12.8. The fraction of sp³-hybridized carbons (Fsp3) is 0.345. The highest BCUT2D eigenvalue weighted by Crippen LogP contribution is 2.40. The normalized spacial score (nSPS) is 27.5. The molecular formula is C55H58O10S. The van der Waals surface area contributed by atoms with Gasteiger partial charge in [-0.1, -0.05) is 182 Å². The molecule has 0 aromatic heterocycles. The first-order valence-corrected chi connectivity index (χ1v) is 24.0. The number of benzene rings is 6. The van der Waals surface area contributed by atoms with Gasteiger partial charge in [0.25, 0.3) is 0 Å². The van der Waals surface area contributed by atoms with E-state index in [0.717, 1.165) is 33.4 Å². The minimum atomic E-state index is -0.995. The largest absolute Gasteiger partial charge is 0.374 e. The van der Waals surface area contributed by atoms with E-state index in [2.05, 4.69) is 24.3 Å². The molecule has 6 aromatic rings. The smallest absolute Gasteiger partial charge is 0.187 e. The molecule has 0 amide bonds. The van der Waals surface area contributed by atoms with Gasteiger partial charge >= 0.3 is 0 Å². The third kappa shape index (κ3) is 12.2. The van der Waals surface area contributed by atoms with E-state index in [1.165, 1.54) is 0 Å². The summed E-state index contributed by atoms with van der Waals surface area (Å²) in [5, 5.41) is 0. The second kappa shape index (κ2) is 23.8. The van der Waals surface area contributed by atoms with Gasteiger partial charge in [-0.3, -0.25) is 0 Å². The molecule has 11 atom stereocenters. The van der Waals surface area contributed by atoms with Crippen LogP contribution in [-0.2, 0) is 80.4 Å². The lowest BCUT2D eigenvalue weighted by atomic mass is 9.95. The van der Waals surface area contributed by atoms with Gasteiger partial charge in [-0.15, -0.1) is 11.8 Å². The summed E-state index contributed by atoms with van der Waals surface area (Å²) >= 11 is 1.57. The molecule has 0 saturated carbocycles. The number of rotatable bonds is 20. The maximum atomic E-state index is 7.41.